The van der Waals surface area contributed by atoms with Gasteiger partial charge in [0.05, 0.1) is 11.5 Å². The molecule has 0 heterocycles. The minimum absolute atomic E-state index is 0.0676. The lowest BCUT2D eigenvalue weighted by molar-refractivity contribution is 0.146. The Bertz CT molecular complexity index is 487. The Morgan fingerprint density at radius 1 is 1.14 bits per heavy atom. The number of nitrogens with one attached hydrogen (secondary N) is 1. The number of hydrogen-bond acceptors (Lipinski definition) is 5. The van der Waals surface area contributed by atoms with Gasteiger partial charge in [0.25, 0.3) is 0 Å². The Balaban J connectivity index is 2.47. The van der Waals surface area contributed by atoms with Crippen molar-refractivity contribution in [1.82, 2.24) is 4.72 Å². The molecule has 1 aromatic carbocycles. The van der Waals surface area contributed by atoms with Gasteiger partial charge in [-0.1, -0.05) is 0 Å². The highest BCUT2D eigenvalue weighted by Crippen LogP contribution is 2.16. The third-order valence-electron chi connectivity index (χ3n) is 2.67. The Morgan fingerprint density at radius 3 is 2.48 bits per heavy atom. The molecule has 1 rings (SSSR count). The van der Waals surface area contributed by atoms with Gasteiger partial charge in [0.1, 0.15) is 5.75 Å². The molecule has 0 saturated heterocycles. The molecule has 6 nitrogen and oxygen atoms in total. The lowest BCUT2D eigenvalue weighted by atomic mass is 10.3. The predicted octanol–water partition coefficient (Wildman–Crippen LogP) is 1.15. The third kappa shape index (κ3) is 6.90. The van der Waals surface area contributed by atoms with Crippen molar-refractivity contribution in [3.8, 4) is 5.75 Å². The van der Waals surface area contributed by atoms with Gasteiger partial charge >= 0.3 is 0 Å². The maximum atomic E-state index is 12.0. The zero-order valence-electron chi connectivity index (χ0n) is 12.2. The van der Waals surface area contributed by atoms with Crippen molar-refractivity contribution in [2.24, 2.45) is 0 Å². The minimum Gasteiger partial charge on any atom is -0.494 e. The molecule has 21 heavy (non-hydrogen) atoms. The fraction of sp³-hybridized carbons (Fsp3) is 0.571. The molecule has 0 amide bonds. The summed E-state index contributed by atoms with van der Waals surface area (Å²) in [5.74, 6) is 0.582. The molecular formula is C14H23NO5S. The van der Waals surface area contributed by atoms with E-state index in [-0.39, 0.29) is 11.5 Å². The first-order valence-corrected chi connectivity index (χ1v) is 8.49. The molecule has 0 aliphatic carbocycles. The zero-order valence-corrected chi connectivity index (χ0v) is 13.1. The van der Waals surface area contributed by atoms with E-state index < -0.39 is 10.0 Å². The molecule has 120 valence electrons. The van der Waals surface area contributed by atoms with Crippen LogP contribution in [0.5, 0.6) is 5.75 Å². The van der Waals surface area contributed by atoms with Crippen LogP contribution < -0.4 is 9.46 Å². The van der Waals surface area contributed by atoms with E-state index in [0.29, 0.717) is 45.0 Å². The van der Waals surface area contributed by atoms with E-state index in [1.807, 2.05) is 6.92 Å². The highest BCUT2D eigenvalue weighted by atomic mass is 32.2. The molecule has 0 atom stereocenters. The molecule has 0 bridgehead atoms. The normalized spacial score (nSPS) is 11.5. The van der Waals surface area contributed by atoms with Crippen LogP contribution in [-0.2, 0) is 14.8 Å². The second kappa shape index (κ2) is 9.73. The average molecular weight is 317 g/mol. The van der Waals surface area contributed by atoms with Crippen LogP contribution >= 0.6 is 0 Å². The summed E-state index contributed by atoms with van der Waals surface area (Å²) >= 11 is 0. The number of sulfonamides is 1. The molecule has 2 N–H and O–H groups in total. The number of aliphatic hydroxyl groups is 1. The monoisotopic (exact) mass is 317 g/mol. The van der Waals surface area contributed by atoms with E-state index in [0.717, 1.165) is 0 Å². The second-order valence-electron chi connectivity index (χ2n) is 4.35. The molecule has 1 aromatic rings. The van der Waals surface area contributed by atoms with E-state index in [4.69, 9.17) is 14.6 Å². The predicted molar refractivity (Wildman–Crippen MR) is 79.9 cm³/mol. The van der Waals surface area contributed by atoms with E-state index in [1.54, 1.807) is 12.1 Å². The number of benzene rings is 1. The Morgan fingerprint density at radius 2 is 1.86 bits per heavy atom. The van der Waals surface area contributed by atoms with Crippen LogP contribution in [0.1, 0.15) is 19.8 Å². The summed E-state index contributed by atoms with van der Waals surface area (Å²) in [5.41, 5.74) is 0. The summed E-state index contributed by atoms with van der Waals surface area (Å²) in [5, 5.41) is 8.65. The van der Waals surface area contributed by atoms with Crippen LogP contribution in [0.15, 0.2) is 29.2 Å². The van der Waals surface area contributed by atoms with E-state index in [1.165, 1.54) is 12.1 Å². The van der Waals surface area contributed by atoms with E-state index in [2.05, 4.69) is 4.72 Å². The summed E-state index contributed by atoms with van der Waals surface area (Å²) in [6.45, 7) is 3.88. The number of aliphatic hydroxyl groups excluding tert-OH is 1. The molecule has 0 saturated carbocycles. The molecule has 0 aliphatic rings. The maximum absolute atomic E-state index is 12.0. The van der Waals surface area contributed by atoms with Crippen molar-refractivity contribution in [3.63, 3.8) is 0 Å². The first-order valence-electron chi connectivity index (χ1n) is 7.01. The first kappa shape index (κ1) is 17.9. The molecular weight excluding hydrogens is 294 g/mol. The van der Waals surface area contributed by atoms with Crippen molar-refractivity contribution in [3.05, 3.63) is 24.3 Å². The van der Waals surface area contributed by atoms with Crippen molar-refractivity contribution in [2.45, 2.75) is 24.7 Å². The second-order valence-corrected chi connectivity index (χ2v) is 6.11. The van der Waals surface area contributed by atoms with Crippen LogP contribution in [0, 0.1) is 0 Å². The largest absolute Gasteiger partial charge is 0.494 e. The quantitative estimate of drug-likeness (QED) is 0.598. The highest BCUT2D eigenvalue weighted by molar-refractivity contribution is 7.89. The van der Waals surface area contributed by atoms with Crippen LogP contribution in [0.2, 0.25) is 0 Å². The van der Waals surface area contributed by atoms with Crippen molar-refractivity contribution < 1.29 is 23.0 Å². The molecule has 0 unspecified atom stereocenters. The van der Waals surface area contributed by atoms with Gasteiger partial charge in [-0.2, -0.15) is 0 Å². The zero-order chi connectivity index (χ0) is 15.6. The topological polar surface area (TPSA) is 84.9 Å². The van der Waals surface area contributed by atoms with Crippen molar-refractivity contribution in [1.29, 1.82) is 0 Å². The minimum atomic E-state index is -3.49. The maximum Gasteiger partial charge on any atom is 0.240 e. The van der Waals surface area contributed by atoms with Gasteiger partial charge in [0.2, 0.25) is 10.0 Å². The van der Waals surface area contributed by atoms with Crippen LogP contribution in [-0.4, -0.2) is 46.5 Å². The summed E-state index contributed by atoms with van der Waals surface area (Å²) in [6.07, 6.45) is 1.18. The van der Waals surface area contributed by atoms with Gasteiger partial charge in [-0.15, -0.1) is 0 Å². The average Bonchev–Trinajstić information content (AvgIpc) is 2.48. The van der Waals surface area contributed by atoms with Gasteiger partial charge < -0.3 is 14.6 Å². The molecule has 0 aromatic heterocycles. The summed E-state index contributed by atoms with van der Waals surface area (Å²) in [6, 6.07) is 6.20. The standard InChI is InChI=1S/C14H23NO5S/c1-2-19-11-3-9-15-21(17,18)14-7-5-13(6-8-14)20-12-4-10-16/h5-8,15-16H,2-4,9-12H2,1H3. The number of rotatable bonds is 11. The number of ether oxygens (including phenoxy) is 2. The fourth-order valence-electron chi connectivity index (χ4n) is 1.58. The molecule has 7 heteroatoms. The van der Waals surface area contributed by atoms with Gasteiger partial charge in [0, 0.05) is 32.8 Å². The summed E-state index contributed by atoms with van der Waals surface area (Å²) in [4.78, 5) is 0.202. The third-order valence-corrected chi connectivity index (χ3v) is 4.14. The Labute approximate surface area is 126 Å². The molecule has 0 fully saturated rings. The molecule has 0 spiro atoms. The summed E-state index contributed by atoms with van der Waals surface area (Å²) in [7, 11) is -3.49. The van der Waals surface area contributed by atoms with Crippen LogP contribution in [0.3, 0.4) is 0 Å². The van der Waals surface area contributed by atoms with E-state index >= 15 is 0 Å². The van der Waals surface area contributed by atoms with Gasteiger partial charge in [0.15, 0.2) is 0 Å². The SMILES string of the molecule is CCOCCCNS(=O)(=O)c1ccc(OCCCO)cc1. The number of hydrogen-bond donors (Lipinski definition) is 2. The Kier molecular flexibility index (Phi) is 8.29. The van der Waals surface area contributed by atoms with Crippen LogP contribution in [0.4, 0.5) is 0 Å². The molecule has 0 radical (unpaired) electrons. The first-order chi connectivity index (χ1) is 10.1. The van der Waals surface area contributed by atoms with Gasteiger partial charge in [-0.25, -0.2) is 13.1 Å². The highest BCUT2D eigenvalue weighted by Gasteiger charge is 2.12. The lowest BCUT2D eigenvalue weighted by Crippen LogP contribution is -2.25. The Hall–Kier alpha value is -1.15. The van der Waals surface area contributed by atoms with Crippen molar-refractivity contribution in [2.75, 3.05) is 33.0 Å². The van der Waals surface area contributed by atoms with Crippen LogP contribution in [0.25, 0.3) is 0 Å². The molecule has 0 aliphatic heterocycles. The van der Waals surface area contributed by atoms with Gasteiger partial charge in [-0.05, 0) is 37.6 Å². The fourth-order valence-corrected chi connectivity index (χ4v) is 2.65. The van der Waals surface area contributed by atoms with E-state index in [9.17, 15) is 8.42 Å². The van der Waals surface area contributed by atoms with Gasteiger partial charge in [-0.3, -0.25) is 0 Å². The smallest absolute Gasteiger partial charge is 0.240 e. The lowest BCUT2D eigenvalue weighted by Gasteiger charge is -2.08. The van der Waals surface area contributed by atoms with Crippen molar-refractivity contribution >= 4 is 10.0 Å². The summed E-state index contributed by atoms with van der Waals surface area (Å²) < 4.78 is 37.0.